The Kier molecular flexibility index (Phi) is 5.68. The second kappa shape index (κ2) is 7.03. The molecule has 102 valence electrons. The number of hydrogen-bond donors (Lipinski definition) is 3. The molecule has 1 aliphatic carbocycles. The first-order chi connectivity index (χ1) is 8.52. The SMILES string of the molecule is C=CCC(NC(=O)NC1CCCC(C)C1)C(=O)O. The summed E-state index contributed by atoms with van der Waals surface area (Å²) in [7, 11) is 0. The lowest BCUT2D eigenvalue weighted by atomic mass is 9.87. The monoisotopic (exact) mass is 254 g/mol. The average molecular weight is 254 g/mol. The zero-order chi connectivity index (χ0) is 13.5. The molecule has 0 aromatic rings. The number of nitrogens with one attached hydrogen (secondary N) is 2. The van der Waals surface area contributed by atoms with Gasteiger partial charge in [0, 0.05) is 6.04 Å². The minimum atomic E-state index is -1.04. The molecule has 2 amide bonds. The lowest BCUT2D eigenvalue weighted by molar-refractivity contribution is -0.139. The normalized spacial score (nSPS) is 24.9. The highest BCUT2D eigenvalue weighted by molar-refractivity contribution is 5.82. The third-order valence-corrected chi connectivity index (χ3v) is 3.28. The molecule has 1 rings (SSSR count). The van der Waals surface area contributed by atoms with Crippen molar-refractivity contribution in [3.63, 3.8) is 0 Å². The summed E-state index contributed by atoms with van der Waals surface area (Å²) in [6.45, 7) is 5.65. The highest BCUT2D eigenvalue weighted by Gasteiger charge is 2.23. The Morgan fingerprint density at radius 3 is 2.78 bits per heavy atom. The van der Waals surface area contributed by atoms with E-state index in [1.807, 2.05) is 0 Å². The molecule has 0 radical (unpaired) electrons. The highest BCUT2D eigenvalue weighted by atomic mass is 16.4. The maximum atomic E-state index is 11.7. The van der Waals surface area contributed by atoms with Gasteiger partial charge in [0.25, 0.3) is 0 Å². The van der Waals surface area contributed by atoms with Gasteiger partial charge in [-0.05, 0) is 25.2 Å². The molecule has 0 aromatic heterocycles. The number of aliphatic carboxylic acids is 1. The van der Waals surface area contributed by atoms with E-state index < -0.39 is 18.0 Å². The second-order valence-electron chi connectivity index (χ2n) is 5.00. The van der Waals surface area contributed by atoms with Crippen molar-refractivity contribution < 1.29 is 14.7 Å². The molecule has 3 atom stereocenters. The van der Waals surface area contributed by atoms with Gasteiger partial charge in [-0.15, -0.1) is 6.58 Å². The maximum Gasteiger partial charge on any atom is 0.326 e. The van der Waals surface area contributed by atoms with Gasteiger partial charge >= 0.3 is 12.0 Å². The number of carboxylic acid groups (broad SMARTS) is 1. The first-order valence-electron chi connectivity index (χ1n) is 6.43. The number of amides is 2. The molecule has 0 saturated heterocycles. The molecule has 5 heteroatoms. The van der Waals surface area contributed by atoms with Crippen LogP contribution in [-0.2, 0) is 4.79 Å². The zero-order valence-corrected chi connectivity index (χ0v) is 10.8. The Bertz CT molecular complexity index is 317. The first kappa shape index (κ1) is 14.5. The molecule has 0 aliphatic heterocycles. The summed E-state index contributed by atoms with van der Waals surface area (Å²) in [6.07, 6.45) is 5.96. The smallest absolute Gasteiger partial charge is 0.326 e. The topological polar surface area (TPSA) is 78.4 Å². The van der Waals surface area contributed by atoms with Crippen molar-refractivity contribution in [3.05, 3.63) is 12.7 Å². The number of carbonyl (C=O) groups is 2. The van der Waals surface area contributed by atoms with Crippen molar-refractivity contribution in [3.8, 4) is 0 Å². The number of carbonyl (C=O) groups excluding carboxylic acids is 1. The molecule has 3 N–H and O–H groups in total. The summed E-state index contributed by atoms with van der Waals surface area (Å²) in [5, 5.41) is 14.2. The van der Waals surface area contributed by atoms with E-state index in [1.165, 1.54) is 12.5 Å². The van der Waals surface area contributed by atoms with Crippen LogP contribution in [0, 0.1) is 5.92 Å². The van der Waals surface area contributed by atoms with Gasteiger partial charge in [-0.25, -0.2) is 9.59 Å². The van der Waals surface area contributed by atoms with Gasteiger partial charge in [0.2, 0.25) is 0 Å². The van der Waals surface area contributed by atoms with Crippen LogP contribution >= 0.6 is 0 Å². The third kappa shape index (κ3) is 4.77. The molecule has 1 fully saturated rings. The van der Waals surface area contributed by atoms with Gasteiger partial charge < -0.3 is 15.7 Å². The Morgan fingerprint density at radius 2 is 2.22 bits per heavy atom. The standard InChI is InChI=1S/C13H22N2O3/c1-3-5-11(12(16)17)15-13(18)14-10-7-4-6-9(2)8-10/h3,9-11H,1,4-8H2,2H3,(H,16,17)(H2,14,15,18). The fourth-order valence-electron chi connectivity index (χ4n) is 2.34. The first-order valence-corrected chi connectivity index (χ1v) is 6.43. The predicted octanol–water partition coefficient (Wildman–Crippen LogP) is 1.89. The van der Waals surface area contributed by atoms with Crippen molar-refractivity contribution in [2.75, 3.05) is 0 Å². The Hall–Kier alpha value is -1.52. The number of urea groups is 1. The van der Waals surface area contributed by atoms with Crippen LogP contribution in [0.5, 0.6) is 0 Å². The van der Waals surface area contributed by atoms with Crippen LogP contribution in [0.1, 0.15) is 39.0 Å². The van der Waals surface area contributed by atoms with Crippen LogP contribution in [0.25, 0.3) is 0 Å². The number of hydrogen-bond acceptors (Lipinski definition) is 2. The quantitative estimate of drug-likeness (QED) is 0.656. The van der Waals surface area contributed by atoms with E-state index in [0.717, 1.165) is 19.3 Å². The number of rotatable bonds is 5. The fraction of sp³-hybridized carbons (Fsp3) is 0.692. The van der Waals surface area contributed by atoms with E-state index in [2.05, 4.69) is 24.1 Å². The van der Waals surface area contributed by atoms with Gasteiger partial charge in [-0.2, -0.15) is 0 Å². The van der Waals surface area contributed by atoms with Gasteiger partial charge in [0.05, 0.1) is 0 Å². The van der Waals surface area contributed by atoms with Crippen LogP contribution in [0.2, 0.25) is 0 Å². The minimum absolute atomic E-state index is 0.159. The van der Waals surface area contributed by atoms with E-state index in [-0.39, 0.29) is 12.5 Å². The van der Waals surface area contributed by atoms with Gasteiger partial charge in [0.15, 0.2) is 0 Å². The molecule has 18 heavy (non-hydrogen) atoms. The van der Waals surface area contributed by atoms with Gasteiger partial charge in [0.1, 0.15) is 6.04 Å². The molecule has 0 aromatic carbocycles. The summed E-state index contributed by atoms with van der Waals surface area (Å²) in [5.41, 5.74) is 0. The average Bonchev–Trinajstić information content (AvgIpc) is 2.28. The van der Waals surface area contributed by atoms with Crippen LogP contribution in [0.3, 0.4) is 0 Å². The summed E-state index contributed by atoms with van der Waals surface area (Å²) in [6, 6.07) is -1.14. The van der Waals surface area contributed by atoms with Crippen molar-refractivity contribution >= 4 is 12.0 Å². The van der Waals surface area contributed by atoms with Crippen LogP contribution in [0.15, 0.2) is 12.7 Å². The maximum absolute atomic E-state index is 11.7. The molecule has 0 bridgehead atoms. The molecule has 0 spiro atoms. The Morgan fingerprint density at radius 1 is 1.50 bits per heavy atom. The van der Waals surface area contributed by atoms with Crippen molar-refractivity contribution in [1.82, 2.24) is 10.6 Å². The number of carboxylic acids is 1. The van der Waals surface area contributed by atoms with Crippen LogP contribution < -0.4 is 10.6 Å². The Balaban J connectivity index is 2.39. The molecule has 5 nitrogen and oxygen atoms in total. The van der Waals surface area contributed by atoms with E-state index in [9.17, 15) is 9.59 Å². The van der Waals surface area contributed by atoms with Gasteiger partial charge in [-0.1, -0.05) is 25.8 Å². The minimum Gasteiger partial charge on any atom is -0.480 e. The third-order valence-electron chi connectivity index (χ3n) is 3.28. The van der Waals surface area contributed by atoms with E-state index in [0.29, 0.717) is 5.92 Å². The fourth-order valence-corrected chi connectivity index (χ4v) is 2.34. The molecule has 1 aliphatic rings. The summed E-state index contributed by atoms with van der Waals surface area (Å²) in [5.74, 6) is -0.422. The summed E-state index contributed by atoms with van der Waals surface area (Å²) >= 11 is 0. The van der Waals surface area contributed by atoms with E-state index in [4.69, 9.17) is 5.11 Å². The largest absolute Gasteiger partial charge is 0.480 e. The van der Waals surface area contributed by atoms with Crippen molar-refractivity contribution in [2.24, 2.45) is 5.92 Å². The predicted molar refractivity (Wildman–Crippen MR) is 69.3 cm³/mol. The van der Waals surface area contributed by atoms with Crippen molar-refractivity contribution in [1.29, 1.82) is 0 Å². The summed E-state index contributed by atoms with van der Waals surface area (Å²) in [4.78, 5) is 22.6. The highest BCUT2D eigenvalue weighted by Crippen LogP contribution is 2.23. The molecular weight excluding hydrogens is 232 g/mol. The lowest BCUT2D eigenvalue weighted by Crippen LogP contribution is -2.49. The van der Waals surface area contributed by atoms with E-state index >= 15 is 0 Å². The summed E-state index contributed by atoms with van der Waals surface area (Å²) < 4.78 is 0. The van der Waals surface area contributed by atoms with E-state index in [1.54, 1.807) is 0 Å². The second-order valence-corrected chi connectivity index (χ2v) is 5.00. The molecular formula is C13H22N2O3. The van der Waals surface area contributed by atoms with Crippen LogP contribution in [-0.4, -0.2) is 29.2 Å². The van der Waals surface area contributed by atoms with Crippen molar-refractivity contribution in [2.45, 2.75) is 51.1 Å². The molecule has 1 saturated carbocycles. The Labute approximate surface area is 108 Å². The van der Waals surface area contributed by atoms with Gasteiger partial charge in [-0.3, -0.25) is 0 Å². The lowest BCUT2D eigenvalue weighted by Gasteiger charge is -2.28. The molecule has 0 heterocycles. The molecule has 3 unspecified atom stereocenters. The van der Waals surface area contributed by atoms with Crippen LogP contribution in [0.4, 0.5) is 4.79 Å². The zero-order valence-electron chi connectivity index (χ0n) is 10.8.